The molecule has 25 heavy (non-hydrogen) atoms. The molecule has 0 spiro atoms. The molecule has 1 aromatic rings. The molecule has 0 atom stereocenters. The van der Waals surface area contributed by atoms with E-state index < -0.39 is 23.3 Å². The van der Waals surface area contributed by atoms with Gasteiger partial charge in [-0.2, -0.15) is 0 Å². The van der Waals surface area contributed by atoms with E-state index in [-0.39, 0.29) is 18.3 Å². The first-order valence-electron chi connectivity index (χ1n) is 7.27. The summed E-state index contributed by atoms with van der Waals surface area (Å²) in [5.41, 5.74) is 0.0474. The number of carbonyl (C=O) groups excluding carboxylic acids is 2. The number of ether oxygens (including phenoxy) is 2. The lowest BCUT2D eigenvalue weighted by atomic mass is 10.2. The molecule has 2 N–H and O–H groups in total. The predicted octanol–water partition coefficient (Wildman–Crippen LogP) is 3.05. The zero-order valence-corrected chi connectivity index (χ0v) is 15.2. The highest BCUT2D eigenvalue weighted by molar-refractivity contribution is 7.80. The number of aliphatic hydroxyl groups is 1. The molecule has 0 unspecified atom stereocenters. The average Bonchev–Trinajstić information content (AvgIpc) is 2.57. The number of rotatable bonds is 6. The maximum atomic E-state index is 11.9. The monoisotopic (exact) mass is 384 g/mol. The van der Waals surface area contributed by atoms with Crippen LogP contribution in [-0.2, 0) is 19.1 Å². The van der Waals surface area contributed by atoms with E-state index in [1.165, 1.54) is 0 Å². The molecule has 0 amide bonds. The average molecular weight is 385 g/mol. The zero-order chi connectivity index (χ0) is 18.8. The van der Waals surface area contributed by atoms with Crippen molar-refractivity contribution in [2.45, 2.75) is 13.8 Å². The number of para-hydroxylation sites is 1. The first-order valence-corrected chi connectivity index (χ1v) is 8.06. The summed E-state index contributed by atoms with van der Waals surface area (Å²) in [6.45, 7) is 3.22. The predicted molar refractivity (Wildman–Crippen MR) is 99.1 cm³/mol. The molecule has 0 bridgehead atoms. The molecule has 0 aliphatic heterocycles. The largest absolute Gasteiger partial charge is 0.501 e. The van der Waals surface area contributed by atoms with Crippen molar-refractivity contribution in [2.24, 2.45) is 4.99 Å². The first-order chi connectivity index (χ1) is 11.9. The van der Waals surface area contributed by atoms with Crippen LogP contribution in [0.2, 0.25) is 5.02 Å². The van der Waals surface area contributed by atoms with Gasteiger partial charge in [-0.1, -0.05) is 23.7 Å². The Morgan fingerprint density at radius 1 is 1.24 bits per heavy atom. The molecule has 1 rings (SSSR count). The topological polar surface area (TPSA) is 97.2 Å². The van der Waals surface area contributed by atoms with Gasteiger partial charge in [-0.05, 0) is 38.2 Å². The highest BCUT2D eigenvalue weighted by atomic mass is 35.5. The van der Waals surface area contributed by atoms with Crippen LogP contribution in [0.3, 0.4) is 0 Å². The van der Waals surface area contributed by atoms with E-state index in [0.29, 0.717) is 10.7 Å². The van der Waals surface area contributed by atoms with Crippen molar-refractivity contribution in [3.05, 3.63) is 40.6 Å². The molecule has 0 aromatic heterocycles. The van der Waals surface area contributed by atoms with Crippen LogP contribution >= 0.6 is 23.8 Å². The van der Waals surface area contributed by atoms with Crippen molar-refractivity contribution in [1.29, 1.82) is 0 Å². The molecule has 0 heterocycles. The van der Waals surface area contributed by atoms with Gasteiger partial charge in [-0.15, -0.1) is 0 Å². The molecule has 0 saturated heterocycles. The Morgan fingerprint density at radius 3 is 2.44 bits per heavy atom. The summed E-state index contributed by atoms with van der Waals surface area (Å²) in [5, 5.41) is 13.0. The van der Waals surface area contributed by atoms with Crippen molar-refractivity contribution < 1.29 is 24.2 Å². The maximum Gasteiger partial charge on any atom is 0.374 e. The normalized spacial score (nSPS) is 11.6. The van der Waals surface area contributed by atoms with Crippen LogP contribution in [0.4, 0.5) is 5.69 Å². The molecular weight excluding hydrogens is 368 g/mol. The van der Waals surface area contributed by atoms with Crippen LogP contribution in [0.5, 0.6) is 0 Å². The molecule has 0 saturated carbocycles. The van der Waals surface area contributed by atoms with Crippen LogP contribution in [0.15, 0.2) is 40.6 Å². The number of aliphatic imine (C=N–C) groups is 1. The summed E-state index contributed by atoms with van der Waals surface area (Å²) >= 11 is 11.0. The maximum absolute atomic E-state index is 11.9. The van der Waals surface area contributed by atoms with Gasteiger partial charge in [0.2, 0.25) is 5.76 Å². The third-order valence-corrected chi connectivity index (χ3v) is 3.18. The van der Waals surface area contributed by atoms with Gasteiger partial charge in [0.1, 0.15) is 5.57 Å². The minimum atomic E-state index is -1.07. The number of nitrogens with zero attached hydrogens (tertiary/aromatic N) is 1. The highest BCUT2D eigenvalue weighted by Gasteiger charge is 2.21. The minimum Gasteiger partial charge on any atom is -0.501 e. The summed E-state index contributed by atoms with van der Waals surface area (Å²) < 4.78 is 9.43. The Morgan fingerprint density at radius 2 is 1.84 bits per heavy atom. The standard InChI is InChI=1S/C16H17ClN2O5S/c1-3-23-14(21)10(13(20)15(22)24-4-2)9-18-16(25)19-12-8-6-5-7-11(12)17/h5-9,20H,3-4H2,1-2H3,(H,19,25). The lowest BCUT2D eigenvalue weighted by Gasteiger charge is -2.07. The number of hydrogen-bond donors (Lipinski definition) is 2. The number of thiocarbonyl (C=S) groups is 1. The number of aliphatic hydroxyl groups excluding tert-OH is 1. The van der Waals surface area contributed by atoms with E-state index in [4.69, 9.17) is 28.6 Å². The number of anilines is 1. The first kappa shape index (κ1) is 20.6. The van der Waals surface area contributed by atoms with E-state index in [9.17, 15) is 14.7 Å². The molecule has 0 radical (unpaired) electrons. The second kappa shape index (κ2) is 10.4. The van der Waals surface area contributed by atoms with Gasteiger partial charge in [0, 0.05) is 6.21 Å². The van der Waals surface area contributed by atoms with E-state index in [2.05, 4.69) is 15.0 Å². The molecule has 0 fully saturated rings. The lowest BCUT2D eigenvalue weighted by Crippen LogP contribution is -2.18. The van der Waals surface area contributed by atoms with Crippen LogP contribution < -0.4 is 5.32 Å². The van der Waals surface area contributed by atoms with Gasteiger partial charge in [-0.25, -0.2) is 14.6 Å². The van der Waals surface area contributed by atoms with Gasteiger partial charge < -0.3 is 19.9 Å². The second-order valence-electron chi connectivity index (χ2n) is 4.37. The van der Waals surface area contributed by atoms with Crippen molar-refractivity contribution in [3.63, 3.8) is 0 Å². The van der Waals surface area contributed by atoms with E-state index >= 15 is 0 Å². The third kappa shape index (κ3) is 6.52. The quantitative estimate of drug-likeness (QED) is 0.256. The number of esters is 2. The number of benzene rings is 1. The number of nitrogens with one attached hydrogen (secondary N) is 1. The smallest absolute Gasteiger partial charge is 0.374 e. The molecule has 0 aliphatic rings. The SMILES string of the molecule is CCOC(=O)C(O)=C(C=NC(=S)Nc1ccccc1Cl)C(=O)OCC. The van der Waals surface area contributed by atoms with Crippen LogP contribution in [-0.4, -0.2) is 41.6 Å². The lowest BCUT2D eigenvalue weighted by molar-refractivity contribution is -0.143. The zero-order valence-electron chi connectivity index (χ0n) is 13.6. The summed E-state index contributed by atoms with van der Waals surface area (Å²) in [6, 6.07) is 6.84. The Kier molecular flexibility index (Phi) is 8.59. The fourth-order valence-corrected chi connectivity index (χ4v) is 1.91. The second-order valence-corrected chi connectivity index (χ2v) is 5.17. The van der Waals surface area contributed by atoms with Gasteiger partial charge >= 0.3 is 11.9 Å². The van der Waals surface area contributed by atoms with Crippen LogP contribution in [0.1, 0.15) is 13.8 Å². The van der Waals surface area contributed by atoms with Crippen molar-refractivity contribution in [2.75, 3.05) is 18.5 Å². The fourth-order valence-electron chi connectivity index (χ4n) is 1.56. The summed E-state index contributed by atoms with van der Waals surface area (Å²) in [7, 11) is 0. The van der Waals surface area contributed by atoms with Crippen molar-refractivity contribution in [3.8, 4) is 0 Å². The molecule has 9 heteroatoms. The molecular formula is C16H17ClN2O5S. The Balaban J connectivity index is 3.00. The number of carbonyl (C=O) groups is 2. The van der Waals surface area contributed by atoms with Crippen LogP contribution in [0.25, 0.3) is 0 Å². The van der Waals surface area contributed by atoms with E-state index in [1.54, 1.807) is 38.1 Å². The Labute approximate surface area is 155 Å². The summed E-state index contributed by atoms with van der Waals surface area (Å²) in [6.07, 6.45) is 0.927. The van der Waals surface area contributed by atoms with Gasteiger partial charge in [0.25, 0.3) is 0 Å². The van der Waals surface area contributed by atoms with Crippen molar-refractivity contribution in [1.82, 2.24) is 0 Å². The van der Waals surface area contributed by atoms with E-state index in [1.807, 2.05) is 0 Å². The molecule has 7 nitrogen and oxygen atoms in total. The highest BCUT2D eigenvalue weighted by Crippen LogP contribution is 2.20. The van der Waals surface area contributed by atoms with Gasteiger partial charge in [0.05, 0.1) is 23.9 Å². The number of halogens is 1. The Hall–Kier alpha value is -2.45. The van der Waals surface area contributed by atoms with Crippen LogP contribution in [0, 0.1) is 0 Å². The Bertz CT molecular complexity index is 718. The minimum absolute atomic E-state index is 0.0304. The van der Waals surface area contributed by atoms with Gasteiger partial charge in [-0.3, -0.25) is 0 Å². The summed E-state index contributed by atoms with van der Waals surface area (Å²) in [5.74, 6) is -2.91. The molecule has 0 aliphatic carbocycles. The molecule has 134 valence electrons. The fraction of sp³-hybridized carbons (Fsp3) is 0.250. The number of hydrogen-bond acceptors (Lipinski definition) is 6. The van der Waals surface area contributed by atoms with Crippen molar-refractivity contribution >= 4 is 52.8 Å². The van der Waals surface area contributed by atoms with Gasteiger partial charge in [0.15, 0.2) is 5.11 Å². The third-order valence-electron chi connectivity index (χ3n) is 2.65. The molecule has 1 aromatic carbocycles. The van der Waals surface area contributed by atoms with E-state index in [0.717, 1.165) is 6.21 Å². The summed E-state index contributed by atoms with van der Waals surface area (Å²) in [4.78, 5) is 27.3.